The second kappa shape index (κ2) is 9.61. The number of nitrogens with one attached hydrogen (secondary N) is 1. The third-order valence-corrected chi connectivity index (χ3v) is 5.20. The van der Waals surface area contributed by atoms with Crippen molar-refractivity contribution in [2.24, 2.45) is 15.7 Å². The molecule has 170 valence electrons. The summed E-state index contributed by atoms with van der Waals surface area (Å²) < 4.78 is 1.95. The Morgan fingerprint density at radius 1 is 1.16 bits per heavy atom. The molecule has 0 atom stereocenters. The SMILES string of the molecule is Cc1cc(C)nc(/N=C(N)/N=C(\C=C\N2CCN(C)CC2)Nc2ccn3ccnc3c2)c1.[HH].[HH]. The fraction of sp³-hybridized carbons (Fsp3) is 0.304. The molecule has 3 N–H and O–H groups in total. The van der Waals surface area contributed by atoms with Crippen LogP contribution in [0.15, 0.2) is 65.1 Å². The number of aromatic nitrogens is 3. The van der Waals surface area contributed by atoms with Gasteiger partial charge >= 0.3 is 0 Å². The van der Waals surface area contributed by atoms with E-state index in [-0.39, 0.29) is 8.81 Å². The smallest absolute Gasteiger partial charge is 0.224 e. The molecule has 32 heavy (non-hydrogen) atoms. The van der Waals surface area contributed by atoms with Crippen molar-refractivity contribution in [3.8, 4) is 0 Å². The molecular weight excluding hydrogens is 402 g/mol. The number of nitrogens with zero attached hydrogens (tertiary/aromatic N) is 7. The predicted molar refractivity (Wildman–Crippen MR) is 134 cm³/mol. The first kappa shape index (κ1) is 21.5. The number of imidazole rings is 1. The maximum Gasteiger partial charge on any atom is 0.224 e. The van der Waals surface area contributed by atoms with E-state index in [0.717, 1.165) is 48.8 Å². The van der Waals surface area contributed by atoms with Crippen molar-refractivity contribution in [1.82, 2.24) is 24.2 Å². The molecule has 0 aromatic carbocycles. The highest BCUT2D eigenvalue weighted by atomic mass is 15.2. The van der Waals surface area contributed by atoms with E-state index in [1.165, 1.54) is 0 Å². The maximum absolute atomic E-state index is 6.17. The first-order valence-electron chi connectivity index (χ1n) is 10.6. The van der Waals surface area contributed by atoms with Gasteiger partial charge in [0.25, 0.3) is 0 Å². The summed E-state index contributed by atoms with van der Waals surface area (Å²) in [6.07, 6.45) is 9.60. The molecule has 1 fully saturated rings. The number of aryl methyl sites for hydroxylation is 2. The summed E-state index contributed by atoms with van der Waals surface area (Å²) in [6.45, 7) is 7.94. The largest absolute Gasteiger partial charge is 0.375 e. The summed E-state index contributed by atoms with van der Waals surface area (Å²) >= 11 is 0. The Hall–Kier alpha value is -3.72. The lowest BCUT2D eigenvalue weighted by atomic mass is 10.2. The van der Waals surface area contributed by atoms with Gasteiger partial charge in [0, 0.05) is 71.3 Å². The lowest BCUT2D eigenvalue weighted by Crippen LogP contribution is -2.41. The lowest BCUT2D eigenvalue weighted by molar-refractivity contribution is 0.198. The first-order valence-corrected chi connectivity index (χ1v) is 10.6. The van der Waals surface area contributed by atoms with Gasteiger partial charge < -0.3 is 25.3 Å². The van der Waals surface area contributed by atoms with Crippen molar-refractivity contribution < 1.29 is 2.85 Å². The quantitative estimate of drug-likeness (QED) is 0.483. The van der Waals surface area contributed by atoms with E-state index in [4.69, 9.17) is 5.73 Å². The highest BCUT2D eigenvalue weighted by Crippen LogP contribution is 2.13. The van der Waals surface area contributed by atoms with E-state index in [9.17, 15) is 0 Å². The van der Waals surface area contributed by atoms with E-state index in [0.29, 0.717) is 11.7 Å². The molecule has 4 rings (SSSR count). The summed E-state index contributed by atoms with van der Waals surface area (Å²) in [5, 5.41) is 3.34. The molecule has 3 aromatic rings. The Morgan fingerprint density at radius 3 is 2.75 bits per heavy atom. The van der Waals surface area contributed by atoms with Gasteiger partial charge in [-0.15, -0.1) is 0 Å². The van der Waals surface area contributed by atoms with Crippen LogP contribution in [0.3, 0.4) is 0 Å². The van der Waals surface area contributed by atoms with Crippen LogP contribution in [0, 0.1) is 13.8 Å². The zero-order valence-electron chi connectivity index (χ0n) is 18.7. The number of rotatable bonds is 4. The highest BCUT2D eigenvalue weighted by molar-refractivity contribution is 6.09. The number of likely N-dealkylation sites (N-methyl/N-ethyl adjacent to an activating group) is 1. The number of anilines is 1. The Morgan fingerprint density at radius 2 is 1.97 bits per heavy atom. The molecule has 0 saturated carbocycles. The van der Waals surface area contributed by atoms with Crippen LogP contribution in [-0.4, -0.2) is 69.2 Å². The molecule has 1 aliphatic heterocycles. The number of fused-ring (bicyclic) bond motifs is 1. The third-order valence-electron chi connectivity index (χ3n) is 5.20. The topological polar surface area (TPSA) is 99.4 Å². The van der Waals surface area contributed by atoms with Crippen molar-refractivity contribution in [3.05, 3.63) is 66.4 Å². The summed E-state index contributed by atoms with van der Waals surface area (Å²) in [5.41, 5.74) is 9.85. The number of amidine groups is 1. The number of hydrogen-bond donors (Lipinski definition) is 2. The Bertz CT molecular complexity index is 1160. The number of nitrogens with two attached hydrogens (primary N) is 1. The number of hydrogen-bond acceptors (Lipinski definition) is 5. The van der Waals surface area contributed by atoms with Gasteiger partial charge in [0.1, 0.15) is 11.5 Å². The zero-order valence-corrected chi connectivity index (χ0v) is 18.7. The van der Waals surface area contributed by atoms with Crippen LogP contribution in [0.1, 0.15) is 14.1 Å². The van der Waals surface area contributed by atoms with E-state index >= 15 is 0 Å². The standard InChI is InChI=1S/C23H29N9.2H2/c1-17-14-18(2)26-21(15-17)29-23(24)28-20(5-7-31-12-10-30(3)11-13-31)27-19-4-8-32-9-6-25-22(32)16-19;;/h4-9,14-16H,10-13H2,1-3H3,(H3,24,26,27,28,29);2*1H/b7-5+;;. The van der Waals surface area contributed by atoms with E-state index in [1.54, 1.807) is 6.20 Å². The molecule has 4 heterocycles. The molecule has 0 aliphatic carbocycles. The van der Waals surface area contributed by atoms with Crippen LogP contribution < -0.4 is 11.1 Å². The molecular formula is C23H33N9. The molecule has 3 aromatic heterocycles. The number of guanidine groups is 1. The molecule has 1 saturated heterocycles. The molecule has 0 spiro atoms. The van der Waals surface area contributed by atoms with Crippen molar-refractivity contribution in [2.45, 2.75) is 13.8 Å². The Balaban J connectivity index is 0.00000204. The van der Waals surface area contributed by atoms with E-state index in [2.05, 4.69) is 48.3 Å². The van der Waals surface area contributed by atoms with Crippen LogP contribution in [-0.2, 0) is 0 Å². The zero-order chi connectivity index (χ0) is 22.5. The lowest BCUT2D eigenvalue weighted by Gasteiger charge is -2.31. The summed E-state index contributed by atoms with van der Waals surface area (Å²) in [7, 11) is 2.14. The molecule has 0 unspecified atom stereocenters. The van der Waals surface area contributed by atoms with Crippen LogP contribution in [0.2, 0.25) is 0 Å². The first-order chi connectivity index (χ1) is 15.4. The molecule has 9 nitrogen and oxygen atoms in total. The maximum atomic E-state index is 6.17. The van der Waals surface area contributed by atoms with Crippen LogP contribution >= 0.6 is 0 Å². The monoisotopic (exact) mass is 435 g/mol. The van der Waals surface area contributed by atoms with Gasteiger partial charge in [-0.1, -0.05) is 0 Å². The molecule has 9 heteroatoms. The van der Waals surface area contributed by atoms with Gasteiger partial charge in [-0.25, -0.2) is 9.97 Å². The van der Waals surface area contributed by atoms with Crippen molar-refractivity contribution in [2.75, 3.05) is 38.5 Å². The van der Waals surface area contributed by atoms with Crippen molar-refractivity contribution >= 4 is 28.9 Å². The van der Waals surface area contributed by atoms with Gasteiger partial charge in [0.05, 0.1) is 0 Å². The highest BCUT2D eigenvalue weighted by Gasteiger charge is 2.10. The average Bonchev–Trinajstić information content (AvgIpc) is 3.20. The number of pyridine rings is 2. The molecule has 0 amide bonds. The number of piperazine rings is 1. The minimum absolute atomic E-state index is 0. The molecule has 0 bridgehead atoms. The van der Waals surface area contributed by atoms with E-state index in [1.807, 2.05) is 61.0 Å². The summed E-state index contributed by atoms with van der Waals surface area (Å²) in [4.78, 5) is 22.3. The van der Waals surface area contributed by atoms with Gasteiger partial charge in [-0.05, 0) is 50.7 Å². The second-order valence-electron chi connectivity index (χ2n) is 8.00. The minimum Gasteiger partial charge on any atom is -0.375 e. The van der Waals surface area contributed by atoms with Gasteiger partial charge in [0.15, 0.2) is 5.82 Å². The third kappa shape index (κ3) is 5.70. The Labute approximate surface area is 191 Å². The van der Waals surface area contributed by atoms with Crippen LogP contribution in [0.5, 0.6) is 0 Å². The van der Waals surface area contributed by atoms with Gasteiger partial charge in [0.2, 0.25) is 5.96 Å². The minimum atomic E-state index is 0. The predicted octanol–water partition coefficient (Wildman–Crippen LogP) is 3.06. The summed E-state index contributed by atoms with van der Waals surface area (Å²) in [5.74, 6) is 1.27. The van der Waals surface area contributed by atoms with Crippen LogP contribution in [0.4, 0.5) is 11.5 Å². The second-order valence-corrected chi connectivity index (χ2v) is 8.00. The van der Waals surface area contributed by atoms with E-state index < -0.39 is 0 Å². The van der Waals surface area contributed by atoms with Gasteiger partial charge in [-0.3, -0.25) is 0 Å². The van der Waals surface area contributed by atoms with Crippen molar-refractivity contribution in [3.63, 3.8) is 0 Å². The van der Waals surface area contributed by atoms with Crippen LogP contribution in [0.25, 0.3) is 5.65 Å². The van der Waals surface area contributed by atoms with Crippen molar-refractivity contribution in [1.29, 1.82) is 0 Å². The molecule has 0 radical (unpaired) electrons. The summed E-state index contributed by atoms with van der Waals surface area (Å²) in [6, 6.07) is 7.80. The fourth-order valence-corrected chi connectivity index (χ4v) is 3.53. The molecule has 1 aliphatic rings. The fourth-order valence-electron chi connectivity index (χ4n) is 3.53. The normalized spacial score (nSPS) is 16.3. The Kier molecular flexibility index (Phi) is 6.46. The average molecular weight is 436 g/mol. The number of aliphatic imine (C=N–C) groups is 2. The van der Waals surface area contributed by atoms with Gasteiger partial charge in [-0.2, -0.15) is 9.98 Å².